The van der Waals surface area contributed by atoms with E-state index in [0.717, 1.165) is 17.2 Å². The number of ether oxygens (including phenoxy) is 1. The van der Waals surface area contributed by atoms with Gasteiger partial charge in [-0.05, 0) is 43.2 Å². The first-order chi connectivity index (χ1) is 8.47. The summed E-state index contributed by atoms with van der Waals surface area (Å²) >= 11 is 11.5. The van der Waals surface area contributed by atoms with Crippen molar-refractivity contribution >= 4 is 23.2 Å². The zero-order valence-corrected chi connectivity index (χ0v) is 11.3. The maximum atomic E-state index is 13.6. The lowest BCUT2D eigenvalue weighted by Crippen LogP contribution is -1.96. The highest BCUT2D eigenvalue weighted by Gasteiger charge is 2.11. The van der Waals surface area contributed by atoms with E-state index in [2.05, 4.69) is 4.98 Å². The Morgan fingerprint density at radius 3 is 2.22 bits per heavy atom. The second-order valence-corrected chi connectivity index (χ2v) is 4.78. The Morgan fingerprint density at radius 1 is 1.06 bits per heavy atom. The van der Waals surface area contributed by atoms with Crippen molar-refractivity contribution in [2.45, 2.75) is 13.8 Å². The minimum Gasteiger partial charge on any atom is -0.436 e. The molecule has 0 saturated carbocycles. The van der Waals surface area contributed by atoms with Crippen LogP contribution in [0.2, 0.25) is 10.0 Å². The molecule has 1 aromatic heterocycles. The summed E-state index contributed by atoms with van der Waals surface area (Å²) in [5, 5.41) is 0.839. The van der Waals surface area contributed by atoms with E-state index >= 15 is 0 Å². The van der Waals surface area contributed by atoms with Gasteiger partial charge in [0, 0.05) is 11.2 Å². The standard InChI is InChI=1S/C13H10Cl2FNO/c1-7-3-9(14)4-8(2)12(7)18-13-11(16)5-10(15)6-17-13/h3-6H,1-2H3. The van der Waals surface area contributed by atoms with E-state index in [1.807, 2.05) is 13.8 Å². The van der Waals surface area contributed by atoms with Gasteiger partial charge >= 0.3 is 0 Å². The summed E-state index contributed by atoms with van der Waals surface area (Å²) in [6, 6.07) is 4.65. The van der Waals surface area contributed by atoms with Crippen LogP contribution in [0.15, 0.2) is 24.4 Å². The van der Waals surface area contributed by atoms with E-state index in [4.69, 9.17) is 27.9 Å². The van der Waals surface area contributed by atoms with Gasteiger partial charge in [0.25, 0.3) is 5.88 Å². The molecular formula is C13H10Cl2FNO. The zero-order chi connectivity index (χ0) is 13.3. The fourth-order valence-electron chi connectivity index (χ4n) is 1.63. The zero-order valence-electron chi connectivity index (χ0n) is 9.80. The third kappa shape index (κ3) is 2.74. The van der Waals surface area contributed by atoms with Crippen LogP contribution in [0.1, 0.15) is 11.1 Å². The summed E-state index contributed by atoms with van der Waals surface area (Å²) in [4.78, 5) is 3.82. The molecule has 18 heavy (non-hydrogen) atoms. The van der Waals surface area contributed by atoms with E-state index in [-0.39, 0.29) is 10.9 Å². The molecule has 0 bridgehead atoms. The van der Waals surface area contributed by atoms with Crippen molar-refractivity contribution in [1.29, 1.82) is 0 Å². The number of rotatable bonds is 2. The van der Waals surface area contributed by atoms with Gasteiger partial charge in [-0.3, -0.25) is 0 Å². The number of aryl methyl sites for hydroxylation is 2. The summed E-state index contributed by atoms with van der Waals surface area (Å²) in [6.07, 6.45) is 1.33. The van der Waals surface area contributed by atoms with Crippen LogP contribution in [0.25, 0.3) is 0 Å². The Labute approximate surface area is 114 Å². The van der Waals surface area contributed by atoms with Crippen molar-refractivity contribution in [2.75, 3.05) is 0 Å². The predicted molar refractivity (Wildman–Crippen MR) is 70.2 cm³/mol. The van der Waals surface area contributed by atoms with Gasteiger partial charge in [-0.25, -0.2) is 9.37 Å². The highest BCUT2D eigenvalue weighted by atomic mass is 35.5. The lowest BCUT2D eigenvalue weighted by molar-refractivity contribution is 0.418. The van der Waals surface area contributed by atoms with Crippen molar-refractivity contribution in [1.82, 2.24) is 4.98 Å². The molecule has 0 unspecified atom stereocenters. The van der Waals surface area contributed by atoms with Gasteiger partial charge in [0.05, 0.1) is 5.02 Å². The number of nitrogens with zero attached hydrogens (tertiary/aromatic N) is 1. The van der Waals surface area contributed by atoms with Crippen LogP contribution in [-0.4, -0.2) is 4.98 Å². The molecule has 2 rings (SSSR count). The van der Waals surface area contributed by atoms with Crippen molar-refractivity contribution in [2.24, 2.45) is 0 Å². The molecule has 0 aliphatic carbocycles. The first-order valence-electron chi connectivity index (χ1n) is 5.23. The Balaban J connectivity index is 2.40. The van der Waals surface area contributed by atoms with E-state index in [1.165, 1.54) is 6.20 Å². The molecule has 0 aliphatic heterocycles. The summed E-state index contributed by atoms with van der Waals surface area (Å²) in [5.41, 5.74) is 1.63. The van der Waals surface area contributed by atoms with Crippen molar-refractivity contribution in [3.63, 3.8) is 0 Å². The SMILES string of the molecule is Cc1cc(Cl)cc(C)c1Oc1ncc(Cl)cc1F. The molecule has 0 spiro atoms. The molecule has 0 aliphatic rings. The first-order valence-corrected chi connectivity index (χ1v) is 5.98. The largest absolute Gasteiger partial charge is 0.436 e. The van der Waals surface area contributed by atoms with Gasteiger partial charge < -0.3 is 4.74 Å². The van der Waals surface area contributed by atoms with Gasteiger partial charge in [0.1, 0.15) is 5.75 Å². The smallest absolute Gasteiger partial charge is 0.255 e. The van der Waals surface area contributed by atoms with E-state index in [0.29, 0.717) is 10.8 Å². The molecule has 5 heteroatoms. The van der Waals surface area contributed by atoms with Crippen LogP contribution in [0.4, 0.5) is 4.39 Å². The van der Waals surface area contributed by atoms with Crippen LogP contribution >= 0.6 is 23.2 Å². The fraction of sp³-hybridized carbons (Fsp3) is 0.154. The van der Waals surface area contributed by atoms with E-state index in [9.17, 15) is 4.39 Å². The van der Waals surface area contributed by atoms with Crippen LogP contribution in [-0.2, 0) is 0 Å². The number of halogens is 3. The molecule has 0 radical (unpaired) electrons. The third-order valence-electron chi connectivity index (χ3n) is 2.40. The van der Waals surface area contributed by atoms with Crippen molar-refractivity contribution in [3.8, 4) is 11.6 Å². The average Bonchev–Trinajstić information content (AvgIpc) is 2.25. The molecule has 2 aromatic rings. The molecule has 0 fully saturated rings. The second-order valence-electron chi connectivity index (χ2n) is 3.91. The lowest BCUT2D eigenvalue weighted by Gasteiger charge is -2.11. The Morgan fingerprint density at radius 2 is 1.67 bits per heavy atom. The number of hydrogen-bond acceptors (Lipinski definition) is 2. The summed E-state index contributed by atoms with van der Waals surface area (Å²) in [5.74, 6) is -0.155. The molecule has 0 atom stereocenters. The summed E-state index contributed by atoms with van der Waals surface area (Å²) in [6.45, 7) is 3.67. The lowest BCUT2D eigenvalue weighted by atomic mass is 10.1. The number of benzene rings is 1. The quantitative estimate of drug-likeness (QED) is 0.780. The fourth-order valence-corrected chi connectivity index (χ4v) is 2.10. The van der Waals surface area contributed by atoms with Crippen LogP contribution < -0.4 is 4.74 Å². The Kier molecular flexibility index (Phi) is 3.73. The van der Waals surface area contributed by atoms with Crippen LogP contribution in [0.3, 0.4) is 0 Å². The molecule has 2 nitrogen and oxygen atoms in total. The number of hydrogen-bond donors (Lipinski definition) is 0. The van der Waals surface area contributed by atoms with Gasteiger partial charge in [-0.15, -0.1) is 0 Å². The molecule has 0 N–H and O–H groups in total. The number of aromatic nitrogens is 1. The Bertz CT molecular complexity index is 579. The van der Waals surface area contributed by atoms with Crippen LogP contribution in [0, 0.1) is 19.7 Å². The maximum absolute atomic E-state index is 13.6. The Hall–Kier alpha value is -1.32. The molecule has 94 valence electrons. The summed E-state index contributed by atoms with van der Waals surface area (Å²) in [7, 11) is 0. The van der Waals surface area contributed by atoms with E-state index in [1.54, 1.807) is 12.1 Å². The minimum absolute atomic E-state index is 0.104. The molecule has 0 amide bonds. The highest BCUT2D eigenvalue weighted by Crippen LogP contribution is 2.31. The maximum Gasteiger partial charge on any atom is 0.255 e. The predicted octanol–water partition coefficient (Wildman–Crippen LogP) is 4.94. The normalized spacial score (nSPS) is 10.5. The molecular weight excluding hydrogens is 276 g/mol. The topological polar surface area (TPSA) is 22.1 Å². The number of pyridine rings is 1. The van der Waals surface area contributed by atoms with Crippen molar-refractivity contribution < 1.29 is 9.13 Å². The first kappa shape index (κ1) is 13.1. The summed E-state index contributed by atoms with van der Waals surface area (Å²) < 4.78 is 19.1. The minimum atomic E-state index is -0.601. The van der Waals surface area contributed by atoms with Gasteiger partial charge in [-0.2, -0.15) is 0 Å². The van der Waals surface area contributed by atoms with Crippen molar-refractivity contribution in [3.05, 3.63) is 51.4 Å². The van der Waals surface area contributed by atoms with Gasteiger partial charge in [0.15, 0.2) is 5.82 Å². The molecule has 0 saturated heterocycles. The van der Waals surface area contributed by atoms with Gasteiger partial charge in [0.2, 0.25) is 0 Å². The van der Waals surface area contributed by atoms with E-state index < -0.39 is 5.82 Å². The second kappa shape index (κ2) is 5.12. The molecule has 1 aromatic carbocycles. The molecule has 1 heterocycles. The highest BCUT2D eigenvalue weighted by molar-refractivity contribution is 6.31. The van der Waals surface area contributed by atoms with Crippen LogP contribution in [0.5, 0.6) is 11.6 Å². The van der Waals surface area contributed by atoms with Gasteiger partial charge in [-0.1, -0.05) is 23.2 Å². The third-order valence-corrected chi connectivity index (χ3v) is 2.82. The average molecular weight is 286 g/mol. The monoisotopic (exact) mass is 285 g/mol.